The van der Waals surface area contributed by atoms with Crippen LogP contribution >= 0.6 is 0 Å². The van der Waals surface area contributed by atoms with Crippen molar-refractivity contribution < 1.29 is 10.2 Å². The van der Waals surface area contributed by atoms with Gasteiger partial charge in [0, 0.05) is 66.7 Å². The number of fused-ring (bicyclic) bond motifs is 2. The maximum Gasteiger partial charge on any atom is 0.124 e. The molecule has 7 aromatic carbocycles. The summed E-state index contributed by atoms with van der Waals surface area (Å²) in [4.78, 5) is 14.4. The Hall–Kier alpha value is -6.40. The van der Waals surface area contributed by atoms with Gasteiger partial charge in [-0.05, 0) is 139 Å². The molecule has 0 fully saturated rings. The van der Waals surface area contributed by atoms with Crippen LogP contribution in [-0.2, 0) is 0 Å². The molecule has 0 heterocycles. The number of benzene rings is 7. The van der Waals surface area contributed by atoms with Crippen molar-refractivity contribution in [3.8, 4) is 33.8 Å². The van der Waals surface area contributed by atoms with Crippen LogP contribution in [0.25, 0.3) is 43.8 Å². The van der Waals surface area contributed by atoms with Crippen molar-refractivity contribution in [1.29, 1.82) is 0 Å². The van der Waals surface area contributed by atoms with E-state index >= 15 is 0 Å². The minimum absolute atomic E-state index is 0.172. The number of anilines is 2. The maximum atomic E-state index is 10.9. The first kappa shape index (κ1) is 36.9. The van der Waals surface area contributed by atoms with Gasteiger partial charge in [-0.2, -0.15) is 0 Å². The Bertz CT molecular complexity index is 2340. The second kappa shape index (κ2) is 16.3. The van der Waals surface area contributed by atoms with Gasteiger partial charge in [0.25, 0.3) is 0 Å². The smallest absolute Gasteiger partial charge is 0.124 e. The third kappa shape index (κ3) is 7.67. The summed E-state index contributed by atoms with van der Waals surface area (Å²) in [6, 6.07) is 43.2. The first-order chi connectivity index (χ1) is 26.8. The average molecular weight is 725 g/mol. The molecule has 6 nitrogen and oxygen atoms in total. The minimum atomic E-state index is 0.172. The standard InChI is InChI=1S/C49H48N4O2/c1-6-52(7-2)40-21-13-34(14-22-40)36-17-25-42-38(29-36)19-27-48(54)44(42)31-50-46-11-10-12-47(33(46)5)51-32-45-43-26-18-37(30-39(43)20-28-49(45)55)35-15-23-41(24-16-35)53(8-3)9-4/h10-32,54-55H,6-9H2,1-5H3. The fraction of sp³-hybridized carbons (Fsp3) is 0.184. The lowest BCUT2D eigenvalue weighted by atomic mass is 9.98. The molecule has 0 saturated carbocycles. The second-order valence-electron chi connectivity index (χ2n) is 13.7. The molecule has 0 spiro atoms. The number of phenols is 2. The van der Waals surface area contributed by atoms with Gasteiger partial charge in [0.2, 0.25) is 0 Å². The van der Waals surface area contributed by atoms with E-state index in [1.54, 1.807) is 24.6 Å². The lowest BCUT2D eigenvalue weighted by molar-refractivity contribution is 0.475. The van der Waals surface area contributed by atoms with Crippen molar-refractivity contribution in [3.63, 3.8) is 0 Å². The molecule has 0 aliphatic carbocycles. The Morgan fingerprint density at radius 2 is 0.855 bits per heavy atom. The number of rotatable bonds is 12. The molecule has 0 aromatic heterocycles. The van der Waals surface area contributed by atoms with Crippen molar-refractivity contribution in [2.24, 2.45) is 9.98 Å². The highest BCUT2D eigenvalue weighted by Crippen LogP contribution is 2.35. The number of aliphatic imine (C=N–C) groups is 2. The highest BCUT2D eigenvalue weighted by atomic mass is 16.3. The van der Waals surface area contributed by atoms with Crippen LogP contribution in [0.1, 0.15) is 44.4 Å². The highest BCUT2D eigenvalue weighted by molar-refractivity contribution is 6.05. The van der Waals surface area contributed by atoms with Gasteiger partial charge in [-0.25, -0.2) is 0 Å². The van der Waals surface area contributed by atoms with Crippen LogP contribution in [-0.4, -0.2) is 48.8 Å². The molecule has 2 N–H and O–H groups in total. The highest BCUT2D eigenvalue weighted by Gasteiger charge is 2.11. The molecule has 0 saturated heterocycles. The number of aromatic hydroxyl groups is 2. The fourth-order valence-corrected chi connectivity index (χ4v) is 7.38. The van der Waals surface area contributed by atoms with Crippen LogP contribution in [0, 0.1) is 6.92 Å². The first-order valence-corrected chi connectivity index (χ1v) is 19.2. The van der Waals surface area contributed by atoms with Crippen molar-refractivity contribution >= 4 is 56.7 Å². The quantitative estimate of drug-likeness (QED) is 0.123. The van der Waals surface area contributed by atoms with Crippen LogP contribution in [0.2, 0.25) is 0 Å². The van der Waals surface area contributed by atoms with E-state index in [2.05, 4.69) is 122 Å². The third-order valence-electron chi connectivity index (χ3n) is 10.7. The third-order valence-corrected chi connectivity index (χ3v) is 10.7. The largest absolute Gasteiger partial charge is 0.507 e. The summed E-state index contributed by atoms with van der Waals surface area (Å²) in [5.74, 6) is 0.344. The molecule has 276 valence electrons. The van der Waals surface area contributed by atoms with Crippen molar-refractivity contribution in [2.45, 2.75) is 34.6 Å². The van der Waals surface area contributed by atoms with E-state index in [0.717, 1.165) is 86.9 Å². The molecule has 0 aliphatic rings. The monoisotopic (exact) mass is 724 g/mol. The summed E-state index contributed by atoms with van der Waals surface area (Å²) < 4.78 is 0. The summed E-state index contributed by atoms with van der Waals surface area (Å²) in [7, 11) is 0. The van der Waals surface area contributed by atoms with E-state index in [1.165, 1.54) is 11.4 Å². The predicted molar refractivity (Wildman–Crippen MR) is 235 cm³/mol. The Kier molecular flexibility index (Phi) is 11.0. The Morgan fingerprint density at radius 3 is 1.24 bits per heavy atom. The number of nitrogens with zero attached hydrogens (tertiary/aromatic N) is 4. The van der Waals surface area contributed by atoms with Crippen LogP contribution in [0.15, 0.2) is 137 Å². The van der Waals surface area contributed by atoms with E-state index < -0.39 is 0 Å². The predicted octanol–water partition coefficient (Wildman–Crippen LogP) is 12.2. The van der Waals surface area contributed by atoms with Crippen LogP contribution in [0.5, 0.6) is 11.5 Å². The first-order valence-electron chi connectivity index (χ1n) is 19.2. The zero-order valence-electron chi connectivity index (χ0n) is 32.3. The summed E-state index contributed by atoms with van der Waals surface area (Å²) in [5.41, 5.74) is 10.7. The molecule has 0 aliphatic heterocycles. The normalized spacial score (nSPS) is 11.7. The van der Waals surface area contributed by atoms with E-state index in [0.29, 0.717) is 11.1 Å². The van der Waals surface area contributed by atoms with Gasteiger partial charge in [-0.1, -0.05) is 66.7 Å². The summed E-state index contributed by atoms with van der Waals surface area (Å²) in [6.07, 6.45) is 3.47. The van der Waals surface area contributed by atoms with Gasteiger partial charge in [-0.15, -0.1) is 0 Å². The van der Waals surface area contributed by atoms with Gasteiger partial charge < -0.3 is 20.0 Å². The van der Waals surface area contributed by atoms with Crippen LogP contribution < -0.4 is 9.80 Å². The molecule has 7 aromatic rings. The van der Waals surface area contributed by atoms with Crippen molar-refractivity contribution in [3.05, 3.63) is 144 Å². The molecule has 0 unspecified atom stereocenters. The van der Waals surface area contributed by atoms with Gasteiger partial charge in [-0.3, -0.25) is 9.98 Å². The lowest BCUT2D eigenvalue weighted by Crippen LogP contribution is -2.21. The Labute approximate surface area is 324 Å². The van der Waals surface area contributed by atoms with Gasteiger partial charge in [0.05, 0.1) is 11.4 Å². The molecule has 6 heteroatoms. The molecule has 0 amide bonds. The van der Waals surface area contributed by atoms with Crippen LogP contribution in [0.3, 0.4) is 0 Å². The fourth-order valence-electron chi connectivity index (χ4n) is 7.38. The van der Waals surface area contributed by atoms with Crippen molar-refractivity contribution in [2.75, 3.05) is 36.0 Å². The maximum absolute atomic E-state index is 10.9. The summed E-state index contributed by atoms with van der Waals surface area (Å²) >= 11 is 0. The van der Waals surface area contributed by atoms with Crippen molar-refractivity contribution in [1.82, 2.24) is 0 Å². The van der Waals surface area contributed by atoms with E-state index in [-0.39, 0.29) is 11.5 Å². The summed E-state index contributed by atoms with van der Waals surface area (Å²) in [5, 5.41) is 25.8. The van der Waals surface area contributed by atoms with E-state index in [9.17, 15) is 10.2 Å². The van der Waals surface area contributed by atoms with Gasteiger partial charge >= 0.3 is 0 Å². The van der Waals surface area contributed by atoms with Gasteiger partial charge in [0.1, 0.15) is 11.5 Å². The zero-order valence-corrected chi connectivity index (χ0v) is 32.3. The molecular weight excluding hydrogens is 677 g/mol. The Balaban J connectivity index is 1.13. The SMILES string of the molecule is CCN(CC)c1ccc(-c2ccc3c(C=Nc4cccc(N=Cc5c(O)ccc6cc(-c7ccc(N(CC)CC)cc7)ccc56)c4C)c(O)ccc3c2)cc1. The zero-order chi connectivity index (χ0) is 38.5. The molecule has 7 rings (SSSR count). The van der Waals surface area contributed by atoms with Crippen LogP contribution in [0.4, 0.5) is 22.7 Å². The minimum Gasteiger partial charge on any atom is -0.507 e. The van der Waals surface area contributed by atoms with Gasteiger partial charge in [0.15, 0.2) is 0 Å². The number of phenolic OH excluding ortho intramolecular Hbond substituents is 2. The summed E-state index contributed by atoms with van der Waals surface area (Å²) in [6.45, 7) is 14.6. The number of hydrogen-bond acceptors (Lipinski definition) is 6. The Morgan fingerprint density at radius 1 is 0.473 bits per heavy atom. The molecule has 55 heavy (non-hydrogen) atoms. The van der Waals surface area contributed by atoms with E-state index in [1.807, 2.05) is 37.3 Å². The lowest BCUT2D eigenvalue weighted by Gasteiger charge is -2.21. The second-order valence-corrected chi connectivity index (χ2v) is 13.7. The topological polar surface area (TPSA) is 71.7 Å². The molecule has 0 bridgehead atoms. The molecule has 0 atom stereocenters. The molecular formula is C49H48N4O2. The molecule has 0 radical (unpaired) electrons. The number of hydrogen-bond donors (Lipinski definition) is 2. The van der Waals surface area contributed by atoms with E-state index in [4.69, 9.17) is 9.98 Å². The average Bonchev–Trinajstić information content (AvgIpc) is 3.22.